The summed E-state index contributed by atoms with van der Waals surface area (Å²) in [6.07, 6.45) is 5.16. The Hall–Kier alpha value is -1.38. The largest absolute Gasteiger partial charge is 0.337 e. The Morgan fingerprint density at radius 1 is 1.50 bits per heavy atom. The predicted octanol–water partition coefficient (Wildman–Crippen LogP) is 1.71. The van der Waals surface area contributed by atoms with Gasteiger partial charge in [0.25, 0.3) is 5.91 Å². The summed E-state index contributed by atoms with van der Waals surface area (Å²) >= 11 is 0. The summed E-state index contributed by atoms with van der Waals surface area (Å²) in [6.45, 7) is 0. The number of carbonyl (C=O) groups is 1. The summed E-state index contributed by atoms with van der Waals surface area (Å²) < 4.78 is 0. The number of amides is 1. The van der Waals surface area contributed by atoms with Gasteiger partial charge < -0.3 is 4.90 Å². The normalized spacial score (nSPS) is 16.1. The molecule has 1 aliphatic carbocycles. The fourth-order valence-corrected chi connectivity index (χ4v) is 1.61. The van der Waals surface area contributed by atoms with Crippen LogP contribution in [0.3, 0.4) is 0 Å². The molecular weight excluding hydrogens is 176 g/mol. The van der Waals surface area contributed by atoms with Crippen LogP contribution in [-0.4, -0.2) is 28.9 Å². The SMILES string of the molecule is CN(C(=O)c1ccccn1)C1CCC1. The quantitative estimate of drug-likeness (QED) is 0.711. The molecule has 0 bridgehead atoms. The highest BCUT2D eigenvalue weighted by Gasteiger charge is 2.26. The lowest BCUT2D eigenvalue weighted by molar-refractivity contribution is 0.0646. The number of carbonyl (C=O) groups excluding carboxylic acids is 1. The third-order valence-corrected chi connectivity index (χ3v) is 2.83. The molecule has 0 atom stereocenters. The smallest absolute Gasteiger partial charge is 0.272 e. The maximum absolute atomic E-state index is 11.8. The van der Waals surface area contributed by atoms with Crippen LogP contribution in [-0.2, 0) is 0 Å². The molecule has 1 aromatic rings. The Morgan fingerprint density at radius 2 is 2.29 bits per heavy atom. The van der Waals surface area contributed by atoms with E-state index in [4.69, 9.17) is 0 Å². The molecule has 1 amide bonds. The van der Waals surface area contributed by atoms with Gasteiger partial charge in [0.05, 0.1) is 0 Å². The first kappa shape index (κ1) is 9.19. The van der Waals surface area contributed by atoms with E-state index in [1.165, 1.54) is 6.42 Å². The Kier molecular flexibility index (Phi) is 2.48. The lowest BCUT2D eigenvalue weighted by Gasteiger charge is -2.34. The number of hydrogen-bond acceptors (Lipinski definition) is 2. The fourth-order valence-electron chi connectivity index (χ4n) is 1.61. The van der Waals surface area contributed by atoms with Gasteiger partial charge in [0.15, 0.2) is 0 Å². The second-order valence-corrected chi connectivity index (χ2v) is 3.72. The summed E-state index contributed by atoms with van der Waals surface area (Å²) in [5, 5.41) is 0. The highest BCUT2D eigenvalue weighted by molar-refractivity contribution is 5.92. The van der Waals surface area contributed by atoms with Gasteiger partial charge in [-0.2, -0.15) is 0 Å². The first-order valence-electron chi connectivity index (χ1n) is 4.97. The molecule has 0 radical (unpaired) electrons. The molecule has 2 rings (SSSR count). The highest BCUT2D eigenvalue weighted by atomic mass is 16.2. The maximum atomic E-state index is 11.8. The minimum atomic E-state index is 0.0373. The zero-order chi connectivity index (χ0) is 9.97. The molecule has 1 aromatic heterocycles. The first-order chi connectivity index (χ1) is 6.79. The molecule has 1 saturated carbocycles. The molecule has 0 spiro atoms. The van der Waals surface area contributed by atoms with Crippen LogP contribution in [0.1, 0.15) is 29.8 Å². The molecule has 3 nitrogen and oxygen atoms in total. The summed E-state index contributed by atoms with van der Waals surface area (Å²) in [7, 11) is 1.86. The van der Waals surface area contributed by atoms with E-state index in [0.717, 1.165) is 12.8 Å². The van der Waals surface area contributed by atoms with Gasteiger partial charge in [-0.05, 0) is 31.4 Å². The zero-order valence-electron chi connectivity index (χ0n) is 8.31. The maximum Gasteiger partial charge on any atom is 0.272 e. The van der Waals surface area contributed by atoms with E-state index in [1.807, 2.05) is 24.1 Å². The van der Waals surface area contributed by atoms with Crippen LogP contribution in [0.5, 0.6) is 0 Å². The van der Waals surface area contributed by atoms with Crippen molar-refractivity contribution in [2.24, 2.45) is 0 Å². The van der Waals surface area contributed by atoms with E-state index in [2.05, 4.69) is 4.98 Å². The van der Waals surface area contributed by atoms with Crippen molar-refractivity contribution in [3.8, 4) is 0 Å². The van der Waals surface area contributed by atoms with Gasteiger partial charge in [0, 0.05) is 19.3 Å². The van der Waals surface area contributed by atoms with Crippen molar-refractivity contribution in [3.05, 3.63) is 30.1 Å². The van der Waals surface area contributed by atoms with Gasteiger partial charge in [0.1, 0.15) is 5.69 Å². The highest BCUT2D eigenvalue weighted by Crippen LogP contribution is 2.24. The Bertz CT molecular complexity index is 319. The number of nitrogens with zero attached hydrogens (tertiary/aromatic N) is 2. The molecule has 0 saturated heterocycles. The van der Waals surface area contributed by atoms with Crippen LogP contribution in [0.15, 0.2) is 24.4 Å². The summed E-state index contributed by atoms with van der Waals surface area (Å²) in [5.41, 5.74) is 0.543. The Morgan fingerprint density at radius 3 is 2.79 bits per heavy atom. The van der Waals surface area contributed by atoms with E-state index in [-0.39, 0.29) is 5.91 Å². The molecule has 14 heavy (non-hydrogen) atoms. The predicted molar refractivity (Wildman–Crippen MR) is 54.0 cm³/mol. The standard InChI is InChI=1S/C11H14N2O/c1-13(9-5-4-6-9)11(14)10-7-2-3-8-12-10/h2-3,7-9H,4-6H2,1H3. The third kappa shape index (κ3) is 1.62. The Labute approximate surface area is 83.8 Å². The van der Waals surface area contributed by atoms with E-state index < -0.39 is 0 Å². The van der Waals surface area contributed by atoms with Gasteiger partial charge in [0.2, 0.25) is 0 Å². The second kappa shape index (κ2) is 3.78. The third-order valence-electron chi connectivity index (χ3n) is 2.83. The summed E-state index contributed by atoms with van der Waals surface area (Å²) in [4.78, 5) is 17.7. The van der Waals surface area contributed by atoms with Gasteiger partial charge in [-0.15, -0.1) is 0 Å². The van der Waals surface area contributed by atoms with Crippen molar-refractivity contribution >= 4 is 5.91 Å². The number of rotatable bonds is 2. The molecule has 3 heteroatoms. The van der Waals surface area contributed by atoms with Gasteiger partial charge in [-0.1, -0.05) is 6.07 Å². The minimum Gasteiger partial charge on any atom is -0.337 e. The van der Waals surface area contributed by atoms with Crippen LogP contribution in [0.4, 0.5) is 0 Å². The van der Waals surface area contributed by atoms with Gasteiger partial charge in [-0.25, -0.2) is 0 Å². The lowest BCUT2D eigenvalue weighted by atomic mass is 9.92. The number of pyridine rings is 1. The molecule has 1 aliphatic rings. The van der Waals surface area contributed by atoms with E-state index in [1.54, 1.807) is 12.3 Å². The number of aromatic nitrogens is 1. The van der Waals surface area contributed by atoms with Crippen molar-refractivity contribution in [2.75, 3.05) is 7.05 Å². The van der Waals surface area contributed by atoms with Crippen LogP contribution < -0.4 is 0 Å². The molecule has 1 fully saturated rings. The van der Waals surface area contributed by atoms with E-state index >= 15 is 0 Å². The molecule has 74 valence electrons. The van der Waals surface area contributed by atoms with Crippen LogP contribution in [0.2, 0.25) is 0 Å². The van der Waals surface area contributed by atoms with Crippen LogP contribution in [0.25, 0.3) is 0 Å². The number of hydrogen-bond donors (Lipinski definition) is 0. The van der Waals surface area contributed by atoms with E-state index in [9.17, 15) is 4.79 Å². The molecular formula is C11H14N2O. The fraction of sp³-hybridized carbons (Fsp3) is 0.455. The van der Waals surface area contributed by atoms with Gasteiger partial charge in [-0.3, -0.25) is 9.78 Å². The summed E-state index contributed by atoms with van der Waals surface area (Å²) in [6, 6.07) is 5.86. The monoisotopic (exact) mass is 190 g/mol. The molecule has 0 unspecified atom stereocenters. The average molecular weight is 190 g/mol. The van der Waals surface area contributed by atoms with Crippen LogP contribution >= 0.6 is 0 Å². The first-order valence-corrected chi connectivity index (χ1v) is 4.97. The van der Waals surface area contributed by atoms with Gasteiger partial charge >= 0.3 is 0 Å². The van der Waals surface area contributed by atoms with Crippen molar-refractivity contribution in [1.82, 2.24) is 9.88 Å². The van der Waals surface area contributed by atoms with Crippen molar-refractivity contribution in [1.29, 1.82) is 0 Å². The second-order valence-electron chi connectivity index (χ2n) is 3.72. The average Bonchev–Trinajstić information content (AvgIpc) is 2.15. The van der Waals surface area contributed by atoms with Crippen molar-refractivity contribution in [3.63, 3.8) is 0 Å². The van der Waals surface area contributed by atoms with Crippen molar-refractivity contribution < 1.29 is 4.79 Å². The molecule has 1 heterocycles. The minimum absolute atomic E-state index is 0.0373. The Balaban J connectivity index is 2.07. The summed E-state index contributed by atoms with van der Waals surface area (Å²) in [5.74, 6) is 0.0373. The topological polar surface area (TPSA) is 33.2 Å². The van der Waals surface area contributed by atoms with E-state index in [0.29, 0.717) is 11.7 Å². The molecule has 0 aliphatic heterocycles. The lowest BCUT2D eigenvalue weighted by Crippen LogP contribution is -2.41. The van der Waals surface area contributed by atoms with Crippen LogP contribution in [0, 0.1) is 0 Å². The molecule has 0 N–H and O–H groups in total. The zero-order valence-corrected chi connectivity index (χ0v) is 8.31. The van der Waals surface area contributed by atoms with Crippen molar-refractivity contribution in [2.45, 2.75) is 25.3 Å². The molecule has 0 aromatic carbocycles.